The van der Waals surface area contributed by atoms with Gasteiger partial charge < -0.3 is 11.1 Å². The van der Waals surface area contributed by atoms with Gasteiger partial charge in [0.15, 0.2) is 0 Å². The minimum atomic E-state index is -1.67. The van der Waals surface area contributed by atoms with Crippen LogP contribution in [0.2, 0.25) is 0 Å². The molecule has 0 spiro atoms. The first-order valence-corrected chi connectivity index (χ1v) is 7.77. The molecule has 0 aliphatic rings. The van der Waals surface area contributed by atoms with Crippen LogP contribution in [0.4, 0.5) is 10.1 Å². The maximum atomic E-state index is 13.2. The van der Waals surface area contributed by atoms with E-state index in [0.717, 1.165) is 12.5 Å². The first-order chi connectivity index (χ1) is 9.32. The lowest BCUT2D eigenvalue weighted by Gasteiger charge is -2.14. The van der Waals surface area contributed by atoms with Crippen molar-refractivity contribution in [2.75, 3.05) is 12.3 Å². The molecule has 4 nitrogen and oxygen atoms in total. The van der Waals surface area contributed by atoms with Crippen LogP contribution in [0.1, 0.15) is 27.2 Å². The number of halogens is 1. The lowest BCUT2D eigenvalue weighted by Crippen LogP contribution is -2.36. The second-order valence-electron chi connectivity index (χ2n) is 5.10. The van der Waals surface area contributed by atoms with E-state index in [0.29, 0.717) is 12.5 Å². The van der Waals surface area contributed by atoms with Gasteiger partial charge in [-0.25, -0.2) is 4.39 Å². The van der Waals surface area contributed by atoms with Crippen molar-refractivity contribution < 1.29 is 13.4 Å². The van der Waals surface area contributed by atoms with E-state index >= 15 is 0 Å². The largest absolute Gasteiger partial charge is 0.398 e. The Hall–Kier alpha value is -1.43. The van der Waals surface area contributed by atoms with Crippen LogP contribution in [-0.4, -0.2) is 21.9 Å². The molecule has 2 atom stereocenters. The number of rotatable bonds is 6. The minimum absolute atomic E-state index is 0.163. The fourth-order valence-electron chi connectivity index (χ4n) is 1.60. The first-order valence-electron chi connectivity index (χ1n) is 6.56. The van der Waals surface area contributed by atoms with Crippen molar-refractivity contribution >= 4 is 22.4 Å². The predicted molar refractivity (Wildman–Crippen MR) is 79.1 cm³/mol. The van der Waals surface area contributed by atoms with Crippen molar-refractivity contribution in [2.45, 2.75) is 37.3 Å². The molecule has 3 N–H and O–H groups in total. The van der Waals surface area contributed by atoms with Crippen molar-refractivity contribution in [3.8, 4) is 0 Å². The summed E-state index contributed by atoms with van der Waals surface area (Å²) in [5.41, 5.74) is 5.91. The molecule has 0 radical (unpaired) electrons. The summed E-state index contributed by atoms with van der Waals surface area (Å²) < 4.78 is 25.4. The van der Waals surface area contributed by atoms with Gasteiger partial charge in [0, 0.05) is 12.2 Å². The molecule has 0 heterocycles. The smallest absolute Gasteiger partial charge is 0.235 e. The molecule has 0 saturated heterocycles. The number of amides is 1. The Morgan fingerprint density at radius 2 is 2.05 bits per heavy atom. The number of nitrogens with one attached hydrogen (secondary N) is 1. The Kier molecular flexibility index (Phi) is 6.13. The second kappa shape index (κ2) is 7.38. The van der Waals surface area contributed by atoms with E-state index in [1.165, 1.54) is 12.1 Å². The number of benzene rings is 1. The molecule has 0 saturated carbocycles. The van der Waals surface area contributed by atoms with E-state index in [1.54, 1.807) is 6.92 Å². The molecule has 0 aliphatic carbocycles. The van der Waals surface area contributed by atoms with E-state index in [1.807, 2.05) is 0 Å². The highest BCUT2D eigenvalue weighted by Crippen LogP contribution is 2.20. The number of anilines is 1. The third-order valence-corrected chi connectivity index (χ3v) is 4.55. The van der Waals surface area contributed by atoms with Crippen LogP contribution in [0.5, 0.6) is 0 Å². The standard InChI is InChI=1S/C14H21FN2O2S/c1-9(2)6-7-17-14(18)10(3)20(19)13-8-11(15)4-5-12(13)16/h4-5,8-10H,6-7,16H2,1-3H3,(H,17,18). The molecule has 1 amide bonds. The lowest BCUT2D eigenvalue weighted by atomic mass is 10.1. The number of nitrogen functional groups attached to an aromatic ring is 1. The van der Waals surface area contributed by atoms with Crippen molar-refractivity contribution in [3.63, 3.8) is 0 Å². The van der Waals surface area contributed by atoms with Gasteiger partial charge in [-0.1, -0.05) is 13.8 Å². The summed E-state index contributed by atoms with van der Waals surface area (Å²) in [6.07, 6.45) is 0.854. The van der Waals surface area contributed by atoms with Crippen LogP contribution in [-0.2, 0) is 15.6 Å². The molecule has 6 heteroatoms. The van der Waals surface area contributed by atoms with Gasteiger partial charge in [0.2, 0.25) is 5.91 Å². The van der Waals surface area contributed by atoms with Gasteiger partial charge in [0.05, 0.1) is 15.7 Å². The Labute approximate surface area is 121 Å². The number of carbonyl (C=O) groups excluding carboxylic acids is 1. The second-order valence-corrected chi connectivity index (χ2v) is 6.84. The molecule has 0 aromatic heterocycles. The Bertz CT molecular complexity index is 506. The monoisotopic (exact) mass is 300 g/mol. The Morgan fingerprint density at radius 1 is 1.40 bits per heavy atom. The minimum Gasteiger partial charge on any atom is -0.398 e. The van der Waals surface area contributed by atoms with Crippen LogP contribution in [0, 0.1) is 11.7 Å². The van der Waals surface area contributed by atoms with Gasteiger partial charge in [-0.05, 0) is 37.5 Å². The van der Waals surface area contributed by atoms with Gasteiger partial charge in [-0.15, -0.1) is 0 Å². The molecule has 2 unspecified atom stereocenters. The number of hydrogen-bond donors (Lipinski definition) is 2. The van der Waals surface area contributed by atoms with Crippen LogP contribution in [0.15, 0.2) is 23.1 Å². The summed E-state index contributed by atoms with van der Waals surface area (Å²) in [6, 6.07) is 3.67. The maximum Gasteiger partial charge on any atom is 0.235 e. The average molecular weight is 300 g/mol. The van der Waals surface area contributed by atoms with Crippen molar-refractivity contribution in [3.05, 3.63) is 24.0 Å². The van der Waals surface area contributed by atoms with E-state index < -0.39 is 21.9 Å². The highest BCUT2D eigenvalue weighted by molar-refractivity contribution is 7.86. The molecular formula is C14H21FN2O2S. The number of hydrogen-bond acceptors (Lipinski definition) is 3. The molecule has 0 bridgehead atoms. The summed E-state index contributed by atoms with van der Waals surface area (Å²) in [4.78, 5) is 12.1. The molecule has 1 aromatic carbocycles. The Morgan fingerprint density at radius 3 is 2.65 bits per heavy atom. The molecule has 1 aromatic rings. The topological polar surface area (TPSA) is 72.2 Å². The summed E-state index contributed by atoms with van der Waals surface area (Å²) >= 11 is 0. The van der Waals surface area contributed by atoms with Crippen LogP contribution >= 0.6 is 0 Å². The maximum absolute atomic E-state index is 13.2. The SMILES string of the molecule is CC(C)CCNC(=O)C(C)S(=O)c1cc(F)ccc1N. The fourth-order valence-corrected chi connectivity index (χ4v) is 2.79. The molecule has 0 fully saturated rings. The molecular weight excluding hydrogens is 279 g/mol. The highest BCUT2D eigenvalue weighted by Gasteiger charge is 2.23. The summed E-state index contributed by atoms with van der Waals surface area (Å²) in [7, 11) is -1.67. The normalized spacial score (nSPS) is 14.1. The summed E-state index contributed by atoms with van der Waals surface area (Å²) in [5, 5.41) is 1.96. The van der Waals surface area contributed by atoms with Gasteiger partial charge in [0.1, 0.15) is 11.1 Å². The van der Waals surface area contributed by atoms with Gasteiger partial charge in [-0.2, -0.15) is 0 Å². The van der Waals surface area contributed by atoms with E-state index in [2.05, 4.69) is 19.2 Å². The van der Waals surface area contributed by atoms with Crippen molar-refractivity contribution in [1.82, 2.24) is 5.32 Å². The molecule has 112 valence electrons. The number of carbonyl (C=O) groups is 1. The molecule has 20 heavy (non-hydrogen) atoms. The Balaban J connectivity index is 2.71. The molecule has 1 rings (SSSR count). The van der Waals surface area contributed by atoms with E-state index in [-0.39, 0.29) is 16.5 Å². The van der Waals surface area contributed by atoms with Gasteiger partial charge in [-0.3, -0.25) is 9.00 Å². The average Bonchev–Trinajstić information content (AvgIpc) is 2.39. The lowest BCUT2D eigenvalue weighted by molar-refractivity contribution is -0.120. The highest BCUT2D eigenvalue weighted by atomic mass is 32.2. The summed E-state index contributed by atoms with van der Waals surface area (Å²) in [5.74, 6) is -0.349. The summed E-state index contributed by atoms with van der Waals surface area (Å²) in [6.45, 7) is 6.20. The third-order valence-electron chi connectivity index (χ3n) is 2.90. The van der Waals surface area contributed by atoms with Crippen LogP contribution in [0.3, 0.4) is 0 Å². The van der Waals surface area contributed by atoms with Crippen LogP contribution < -0.4 is 11.1 Å². The predicted octanol–water partition coefficient (Wildman–Crippen LogP) is 2.07. The number of nitrogens with two attached hydrogens (primary N) is 1. The van der Waals surface area contributed by atoms with Crippen molar-refractivity contribution in [2.24, 2.45) is 5.92 Å². The fraction of sp³-hybridized carbons (Fsp3) is 0.500. The zero-order valence-corrected chi connectivity index (χ0v) is 12.8. The zero-order chi connectivity index (χ0) is 15.3. The van der Waals surface area contributed by atoms with E-state index in [4.69, 9.17) is 5.73 Å². The van der Waals surface area contributed by atoms with Crippen LogP contribution in [0.25, 0.3) is 0 Å². The zero-order valence-electron chi connectivity index (χ0n) is 12.0. The molecule has 0 aliphatic heterocycles. The van der Waals surface area contributed by atoms with Gasteiger partial charge >= 0.3 is 0 Å². The first kappa shape index (κ1) is 16.6. The van der Waals surface area contributed by atoms with Crippen molar-refractivity contribution in [1.29, 1.82) is 0 Å². The quantitative estimate of drug-likeness (QED) is 0.790. The van der Waals surface area contributed by atoms with E-state index in [9.17, 15) is 13.4 Å². The van der Waals surface area contributed by atoms with Gasteiger partial charge in [0.25, 0.3) is 0 Å². The third kappa shape index (κ3) is 4.59.